The molecule has 0 aliphatic carbocycles. The highest BCUT2D eigenvalue weighted by Gasteiger charge is 2.16. The number of rotatable bonds is 3. The van der Waals surface area contributed by atoms with Gasteiger partial charge in [0.25, 0.3) is 0 Å². The highest BCUT2D eigenvalue weighted by atomic mass is 16.5. The average molecular weight is 237 g/mol. The molecular weight excluding hydrogens is 214 g/mol. The van der Waals surface area contributed by atoms with Gasteiger partial charge >= 0.3 is 0 Å². The molecule has 1 rings (SSSR count). The van der Waals surface area contributed by atoms with E-state index < -0.39 is 0 Å². The van der Waals surface area contributed by atoms with E-state index >= 15 is 0 Å². The minimum atomic E-state index is -0.0402. The summed E-state index contributed by atoms with van der Waals surface area (Å²) in [6.45, 7) is 16.4. The van der Waals surface area contributed by atoms with E-state index in [0.29, 0.717) is 5.76 Å². The largest absolute Gasteiger partial charge is 0.378 e. The van der Waals surface area contributed by atoms with Crippen molar-refractivity contribution in [2.24, 2.45) is 0 Å². The van der Waals surface area contributed by atoms with Crippen LogP contribution < -0.4 is 10.6 Å². The number of hydrogen-bond donors (Lipinski definition) is 2. The van der Waals surface area contributed by atoms with E-state index in [0.717, 1.165) is 11.5 Å². The number of nitrogens with zero attached hydrogens (tertiary/aromatic N) is 1. The second-order valence-corrected chi connectivity index (χ2v) is 6.30. The minimum absolute atomic E-state index is 0.0348. The summed E-state index contributed by atoms with van der Waals surface area (Å²) >= 11 is 0. The standard InChI is InChI=1S/C13H23N3O/c1-9(14-12(2,3)4)10-8-11(16-17-10)15-13(5,6)7/h8,14H,1H2,2-7H3,(H,15,16). The van der Waals surface area contributed by atoms with Gasteiger partial charge in [0.1, 0.15) is 0 Å². The molecule has 0 fully saturated rings. The Hall–Kier alpha value is -1.45. The van der Waals surface area contributed by atoms with E-state index in [1.54, 1.807) is 0 Å². The van der Waals surface area contributed by atoms with E-state index in [9.17, 15) is 0 Å². The smallest absolute Gasteiger partial charge is 0.184 e. The number of nitrogens with one attached hydrogen (secondary N) is 2. The van der Waals surface area contributed by atoms with Crippen molar-refractivity contribution < 1.29 is 4.52 Å². The van der Waals surface area contributed by atoms with Crippen LogP contribution in [0.2, 0.25) is 0 Å². The van der Waals surface area contributed by atoms with Gasteiger partial charge in [0.15, 0.2) is 11.6 Å². The lowest BCUT2D eigenvalue weighted by Gasteiger charge is -2.22. The number of hydrogen-bond acceptors (Lipinski definition) is 4. The fraction of sp³-hybridized carbons (Fsp3) is 0.615. The summed E-state index contributed by atoms with van der Waals surface area (Å²) in [5, 5.41) is 10.5. The molecule has 0 radical (unpaired) electrons. The third-order valence-electron chi connectivity index (χ3n) is 1.84. The molecule has 17 heavy (non-hydrogen) atoms. The molecule has 1 aromatic rings. The van der Waals surface area contributed by atoms with E-state index in [2.05, 4.69) is 63.9 Å². The summed E-state index contributed by atoms with van der Waals surface area (Å²) in [5.41, 5.74) is 0.668. The van der Waals surface area contributed by atoms with Gasteiger partial charge in [0, 0.05) is 17.1 Å². The van der Waals surface area contributed by atoms with Crippen molar-refractivity contribution in [2.75, 3.05) is 5.32 Å². The van der Waals surface area contributed by atoms with Gasteiger partial charge in [0.05, 0.1) is 5.70 Å². The lowest BCUT2D eigenvalue weighted by molar-refractivity contribution is 0.401. The maximum absolute atomic E-state index is 5.24. The molecule has 0 aliphatic rings. The molecule has 0 unspecified atom stereocenters. The summed E-state index contributed by atoms with van der Waals surface area (Å²) in [6.07, 6.45) is 0. The van der Waals surface area contributed by atoms with Crippen LogP contribution in [-0.2, 0) is 0 Å². The van der Waals surface area contributed by atoms with Gasteiger partial charge in [-0.25, -0.2) is 0 Å². The zero-order valence-corrected chi connectivity index (χ0v) is 11.6. The molecule has 96 valence electrons. The highest BCUT2D eigenvalue weighted by Crippen LogP contribution is 2.19. The van der Waals surface area contributed by atoms with Crippen LogP contribution >= 0.6 is 0 Å². The van der Waals surface area contributed by atoms with Gasteiger partial charge in [-0.05, 0) is 41.5 Å². The summed E-state index contributed by atoms with van der Waals surface area (Å²) in [5.74, 6) is 1.39. The molecule has 4 nitrogen and oxygen atoms in total. The third-order valence-corrected chi connectivity index (χ3v) is 1.84. The molecule has 0 spiro atoms. The van der Waals surface area contributed by atoms with Gasteiger partial charge in [0.2, 0.25) is 0 Å². The molecule has 2 N–H and O–H groups in total. The first-order valence-electron chi connectivity index (χ1n) is 5.79. The molecule has 4 heteroatoms. The van der Waals surface area contributed by atoms with Crippen LogP contribution in [0, 0.1) is 0 Å². The molecule has 0 saturated carbocycles. The van der Waals surface area contributed by atoms with Gasteiger partial charge < -0.3 is 15.2 Å². The quantitative estimate of drug-likeness (QED) is 0.847. The summed E-state index contributed by atoms with van der Waals surface area (Å²) in [7, 11) is 0. The monoisotopic (exact) mass is 237 g/mol. The second kappa shape index (κ2) is 4.43. The molecular formula is C13H23N3O. The Morgan fingerprint density at radius 3 is 2.24 bits per heavy atom. The second-order valence-electron chi connectivity index (χ2n) is 6.30. The molecule has 0 saturated heterocycles. The Bertz CT molecular complexity index is 394. The van der Waals surface area contributed by atoms with Crippen molar-refractivity contribution in [1.82, 2.24) is 10.5 Å². The van der Waals surface area contributed by atoms with Crippen molar-refractivity contribution in [3.05, 3.63) is 18.4 Å². The van der Waals surface area contributed by atoms with Crippen LogP contribution in [0.25, 0.3) is 5.70 Å². The molecule has 1 aromatic heterocycles. The lowest BCUT2D eigenvalue weighted by Crippen LogP contribution is -2.33. The maximum atomic E-state index is 5.24. The third kappa shape index (κ3) is 4.93. The van der Waals surface area contributed by atoms with Gasteiger partial charge in [-0.2, -0.15) is 0 Å². The van der Waals surface area contributed by atoms with Crippen molar-refractivity contribution >= 4 is 11.5 Å². The Kier molecular flexibility index (Phi) is 3.55. The predicted octanol–water partition coefficient (Wildman–Crippen LogP) is 3.24. The Morgan fingerprint density at radius 2 is 1.76 bits per heavy atom. The van der Waals surface area contributed by atoms with Crippen molar-refractivity contribution in [3.63, 3.8) is 0 Å². The lowest BCUT2D eigenvalue weighted by atomic mass is 10.1. The Morgan fingerprint density at radius 1 is 1.18 bits per heavy atom. The molecule has 0 aliphatic heterocycles. The normalized spacial score (nSPS) is 12.4. The fourth-order valence-corrected chi connectivity index (χ4v) is 1.37. The minimum Gasteiger partial charge on any atom is -0.378 e. The summed E-state index contributed by atoms with van der Waals surface area (Å²) in [6, 6.07) is 1.85. The molecule has 0 amide bonds. The van der Waals surface area contributed by atoms with E-state index in [-0.39, 0.29) is 11.1 Å². The van der Waals surface area contributed by atoms with E-state index in [4.69, 9.17) is 4.52 Å². The zero-order chi connectivity index (χ0) is 13.3. The van der Waals surface area contributed by atoms with Crippen molar-refractivity contribution in [3.8, 4) is 0 Å². The van der Waals surface area contributed by atoms with Gasteiger partial charge in [-0.15, -0.1) is 0 Å². The number of anilines is 1. The first-order valence-corrected chi connectivity index (χ1v) is 5.79. The SMILES string of the molecule is C=C(NC(C)(C)C)c1cc(NC(C)(C)C)no1. The maximum Gasteiger partial charge on any atom is 0.184 e. The van der Waals surface area contributed by atoms with Crippen LogP contribution in [0.3, 0.4) is 0 Å². The van der Waals surface area contributed by atoms with Crippen LogP contribution in [0.15, 0.2) is 17.2 Å². The average Bonchev–Trinajstić information content (AvgIpc) is 2.45. The van der Waals surface area contributed by atoms with Crippen molar-refractivity contribution in [1.29, 1.82) is 0 Å². The topological polar surface area (TPSA) is 50.1 Å². The fourth-order valence-electron chi connectivity index (χ4n) is 1.37. The number of aromatic nitrogens is 1. The first-order chi connectivity index (χ1) is 7.57. The zero-order valence-electron chi connectivity index (χ0n) is 11.6. The summed E-state index contributed by atoms with van der Waals surface area (Å²) < 4.78 is 5.24. The van der Waals surface area contributed by atoms with Crippen LogP contribution in [0.5, 0.6) is 0 Å². The van der Waals surface area contributed by atoms with Crippen LogP contribution in [0.1, 0.15) is 47.3 Å². The Labute approximate surface area is 103 Å². The van der Waals surface area contributed by atoms with Gasteiger partial charge in [-0.1, -0.05) is 11.7 Å². The molecule has 0 atom stereocenters. The predicted molar refractivity (Wildman–Crippen MR) is 71.8 cm³/mol. The molecule has 1 heterocycles. The van der Waals surface area contributed by atoms with Gasteiger partial charge in [-0.3, -0.25) is 0 Å². The molecule has 0 bridgehead atoms. The van der Waals surface area contributed by atoms with E-state index in [1.807, 2.05) is 6.07 Å². The Balaban J connectivity index is 2.72. The summed E-state index contributed by atoms with van der Waals surface area (Å²) in [4.78, 5) is 0. The highest BCUT2D eigenvalue weighted by molar-refractivity contribution is 5.60. The molecule has 0 aromatic carbocycles. The van der Waals surface area contributed by atoms with Crippen molar-refractivity contribution in [2.45, 2.75) is 52.6 Å². The van der Waals surface area contributed by atoms with Crippen LogP contribution in [0.4, 0.5) is 5.82 Å². The first kappa shape index (κ1) is 13.6. The van der Waals surface area contributed by atoms with Crippen LogP contribution in [-0.4, -0.2) is 16.2 Å². The van der Waals surface area contributed by atoms with E-state index in [1.165, 1.54) is 0 Å².